The van der Waals surface area contributed by atoms with Crippen LogP contribution in [0.1, 0.15) is 5.56 Å². The van der Waals surface area contributed by atoms with E-state index in [-0.39, 0.29) is 5.69 Å². The summed E-state index contributed by atoms with van der Waals surface area (Å²) in [4.78, 5) is 10.6. The van der Waals surface area contributed by atoms with Gasteiger partial charge in [0.25, 0.3) is 5.69 Å². The SMILES string of the molecule is O=[N+]([O-])c1ccc(Cl)cc1NCc1ccc2ccccc2c1. The Morgan fingerprint density at radius 3 is 2.55 bits per heavy atom. The quantitative estimate of drug-likeness (QED) is 0.544. The fraction of sp³-hybridized carbons (Fsp3) is 0.0588. The molecule has 0 aliphatic carbocycles. The molecule has 110 valence electrons. The van der Waals surface area contributed by atoms with Gasteiger partial charge >= 0.3 is 0 Å². The smallest absolute Gasteiger partial charge is 0.292 e. The zero-order valence-corrected chi connectivity index (χ0v) is 12.4. The second-order valence-corrected chi connectivity index (χ2v) is 5.39. The van der Waals surface area contributed by atoms with Gasteiger partial charge < -0.3 is 5.32 Å². The molecule has 3 rings (SSSR count). The van der Waals surface area contributed by atoms with Crippen molar-refractivity contribution in [3.8, 4) is 0 Å². The van der Waals surface area contributed by atoms with Gasteiger partial charge in [0.2, 0.25) is 0 Å². The lowest BCUT2D eigenvalue weighted by atomic mass is 10.1. The van der Waals surface area contributed by atoms with Crippen molar-refractivity contribution in [3.05, 3.63) is 81.4 Å². The zero-order valence-electron chi connectivity index (χ0n) is 11.6. The highest BCUT2D eigenvalue weighted by Gasteiger charge is 2.13. The molecule has 0 amide bonds. The van der Waals surface area contributed by atoms with E-state index < -0.39 is 4.92 Å². The van der Waals surface area contributed by atoms with Crippen LogP contribution >= 0.6 is 11.6 Å². The number of hydrogen-bond acceptors (Lipinski definition) is 3. The van der Waals surface area contributed by atoms with E-state index in [9.17, 15) is 10.1 Å². The van der Waals surface area contributed by atoms with Crippen molar-refractivity contribution in [1.29, 1.82) is 0 Å². The molecular weight excluding hydrogens is 300 g/mol. The minimum absolute atomic E-state index is 0.0187. The van der Waals surface area contributed by atoms with Crippen LogP contribution in [0.25, 0.3) is 10.8 Å². The lowest BCUT2D eigenvalue weighted by molar-refractivity contribution is -0.384. The van der Waals surface area contributed by atoms with E-state index in [1.807, 2.05) is 36.4 Å². The summed E-state index contributed by atoms with van der Waals surface area (Å²) in [6.45, 7) is 0.492. The topological polar surface area (TPSA) is 55.2 Å². The fourth-order valence-corrected chi connectivity index (χ4v) is 2.53. The number of nitro benzene ring substituents is 1. The monoisotopic (exact) mass is 312 g/mol. The van der Waals surface area contributed by atoms with Gasteiger partial charge in [-0.1, -0.05) is 48.0 Å². The van der Waals surface area contributed by atoms with Crippen LogP contribution in [0.5, 0.6) is 0 Å². The van der Waals surface area contributed by atoms with Gasteiger partial charge in [-0.15, -0.1) is 0 Å². The third-order valence-electron chi connectivity index (χ3n) is 3.45. The second kappa shape index (κ2) is 6.03. The molecule has 0 fully saturated rings. The van der Waals surface area contributed by atoms with E-state index in [4.69, 9.17) is 11.6 Å². The van der Waals surface area contributed by atoms with Crippen molar-refractivity contribution in [1.82, 2.24) is 0 Å². The maximum Gasteiger partial charge on any atom is 0.292 e. The number of anilines is 1. The Bertz CT molecular complexity index is 849. The standard InChI is InChI=1S/C17H13ClN2O2/c18-15-7-8-17(20(21)22)16(10-15)19-11-12-5-6-13-3-1-2-4-14(13)9-12/h1-10,19H,11H2. The summed E-state index contributed by atoms with van der Waals surface area (Å²) in [6.07, 6.45) is 0. The molecule has 0 aliphatic rings. The predicted octanol–water partition coefficient (Wildman–Crippen LogP) is 5.01. The van der Waals surface area contributed by atoms with Crippen molar-refractivity contribution in [2.24, 2.45) is 0 Å². The second-order valence-electron chi connectivity index (χ2n) is 4.95. The Morgan fingerprint density at radius 2 is 1.77 bits per heavy atom. The first-order valence-electron chi connectivity index (χ1n) is 6.79. The molecule has 3 aromatic carbocycles. The van der Waals surface area contributed by atoms with Gasteiger partial charge in [0, 0.05) is 17.6 Å². The van der Waals surface area contributed by atoms with E-state index >= 15 is 0 Å². The molecular formula is C17H13ClN2O2. The average molecular weight is 313 g/mol. The molecule has 0 bridgehead atoms. The van der Waals surface area contributed by atoms with Crippen molar-refractivity contribution in [2.45, 2.75) is 6.54 Å². The summed E-state index contributed by atoms with van der Waals surface area (Å²) in [6, 6.07) is 18.7. The van der Waals surface area contributed by atoms with Crippen LogP contribution in [-0.2, 0) is 6.54 Å². The summed E-state index contributed by atoms with van der Waals surface area (Å²) in [5.41, 5.74) is 1.49. The van der Waals surface area contributed by atoms with Crippen LogP contribution in [0.2, 0.25) is 5.02 Å². The van der Waals surface area contributed by atoms with Crippen molar-refractivity contribution < 1.29 is 4.92 Å². The highest BCUT2D eigenvalue weighted by Crippen LogP contribution is 2.28. The fourth-order valence-electron chi connectivity index (χ4n) is 2.36. The van der Waals surface area contributed by atoms with E-state index in [0.717, 1.165) is 10.9 Å². The molecule has 22 heavy (non-hydrogen) atoms. The van der Waals surface area contributed by atoms with Crippen LogP contribution in [0.4, 0.5) is 11.4 Å². The van der Waals surface area contributed by atoms with E-state index in [1.54, 1.807) is 6.07 Å². The zero-order chi connectivity index (χ0) is 15.5. The highest BCUT2D eigenvalue weighted by atomic mass is 35.5. The molecule has 0 aromatic heterocycles. The Labute approximate surface area is 132 Å². The number of nitro groups is 1. The number of nitrogens with zero attached hydrogens (tertiary/aromatic N) is 1. The molecule has 0 aliphatic heterocycles. The molecule has 1 N–H and O–H groups in total. The van der Waals surface area contributed by atoms with E-state index in [0.29, 0.717) is 17.3 Å². The third kappa shape index (κ3) is 3.02. The largest absolute Gasteiger partial charge is 0.375 e. The molecule has 0 saturated heterocycles. The summed E-state index contributed by atoms with van der Waals surface area (Å²) in [7, 11) is 0. The summed E-state index contributed by atoms with van der Waals surface area (Å²) in [5, 5.41) is 16.9. The average Bonchev–Trinajstić information content (AvgIpc) is 2.52. The molecule has 3 aromatic rings. The van der Waals surface area contributed by atoms with Gasteiger partial charge in [-0.25, -0.2) is 0 Å². The molecule has 0 heterocycles. The van der Waals surface area contributed by atoms with E-state index in [2.05, 4.69) is 11.4 Å². The molecule has 0 radical (unpaired) electrons. The van der Waals surface area contributed by atoms with Crippen molar-refractivity contribution in [2.75, 3.05) is 5.32 Å². The molecule has 0 spiro atoms. The summed E-state index contributed by atoms with van der Waals surface area (Å²) >= 11 is 5.92. The minimum atomic E-state index is -0.418. The first-order valence-corrected chi connectivity index (χ1v) is 7.17. The van der Waals surface area contributed by atoms with Gasteiger partial charge in [0.05, 0.1) is 4.92 Å². The van der Waals surface area contributed by atoms with Gasteiger partial charge in [0.15, 0.2) is 0 Å². The Balaban J connectivity index is 1.84. The maximum atomic E-state index is 11.0. The number of hydrogen-bond donors (Lipinski definition) is 1. The number of rotatable bonds is 4. The first-order chi connectivity index (χ1) is 10.6. The van der Waals surface area contributed by atoms with Crippen LogP contribution in [-0.4, -0.2) is 4.92 Å². The molecule has 0 saturated carbocycles. The molecule has 0 atom stereocenters. The maximum absolute atomic E-state index is 11.0. The lowest BCUT2D eigenvalue weighted by Crippen LogP contribution is -2.02. The normalized spacial score (nSPS) is 10.6. The Morgan fingerprint density at radius 1 is 1.00 bits per heavy atom. The predicted molar refractivity (Wildman–Crippen MR) is 89.4 cm³/mol. The van der Waals surface area contributed by atoms with Crippen LogP contribution < -0.4 is 5.32 Å². The van der Waals surface area contributed by atoms with E-state index in [1.165, 1.54) is 17.5 Å². The van der Waals surface area contributed by atoms with Gasteiger partial charge in [-0.2, -0.15) is 0 Å². The number of nitrogens with one attached hydrogen (secondary N) is 1. The number of fused-ring (bicyclic) bond motifs is 1. The summed E-state index contributed by atoms with van der Waals surface area (Å²) < 4.78 is 0. The molecule has 5 heteroatoms. The van der Waals surface area contributed by atoms with Gasteiger partial charge in [-0.05, 0) is 34.5 Å². The van der Waals surface area contributed by atoms with Gasteiger partial charge in [0.1, 0.15) is 5.69 Å². The summed E-state index contributed by atoms with van der Waals surface area (Å²) in [5.74, 6) is 0. The number of benzene rings is 3. The van der Waals surface area contributed by atoms with Crippen molar-refractivity contribution >= 4 is 33.7 Å². The third-order valence-corrected chi connectivity index (χ3v) is 3.69. The minimum Gasteiger partial charge on any atom is -0.375 e. The lowest BCUT2D eigenvalue weighted by Gasteiger charge is -2.08. The van der Waals surface area contributed by atoms with Crippen molar-refractivity contribution in [3.63, 3.8) is 0 Å². The molecule has 0 unspecified atom stereocenters. The highest BCUT2D eigenvalue weighted by molar-refractivity contribution is 6.31. The van der Waals surface area contributed by atoms with Crippen LogP contribution in [0, 0.1) is 10.1 Å². The first kappa shape index (κ1) is 14.4. The number of halogens is 1. The molecule has 4 nitrogen and oxygen atoms in total. The Hall–Kier alpha value is -2.59. The van der Waals surface area contributed by atoms with Crippen LogP contribution in [0.3, 0.4) is 0 Å². The Kier molecular flexibility index (Phi) is 3.94. The van der Waals surface area contributed by atoms with Crippen LogP contribution in [0.15, 0.2) is 60.7 Å². The van der Waals surface area contributed by atoms with Gasteiger partial charge in [-0.3, -0.25) is 10.1 Å².